The lowest BCUT2D eigenvalue weighted by Crippen LogP contribution is -2.26. The van der Waals surface area contributed by atoms with E-state index in [4.69, 9.17) is 16.3 Å². The van der Waals surface area contributed by atoms with E-state index in [0.29, 0.717) is 21.7 Å². The second-order valence-electron chi connectivity index (χ2n) is 4.46. The highest BCUT2D eigenvalue weighted by Gasteiger charge is 2.37. The smallest absolute Gasteiger partial charge is 0.311 e. The van der Waals surface area contributed by atoms with Crippen molar-refractivity contribution in [2.24, 2.45) is 5.92 Å². The third kappa shape index (κ3) is 2.03. The molecule has 3 rings (SSSR count). The molecule has 0 radical (unpaired) electrons. The van der Waals surface area contributed by atoms with Crippen LogP contribution in [0, 0.1) is 5.92 Å². The van der Waals surface area contributed by atoms with Crippen LogP contribution in [0.15, 0.2) is 12.1 Å². The van der Waals surface area contributed by atoms with Crippen LogP contribution < -0.4 is 4.90 Å². The number of benzene rings is 1. The predicted molar refractivity (Wildman–Crippen MR) is 74.9 cm³/mol. The number of esters is 1. The van der Waals surface area contributed by atoms with Gasteiger partial charge in [-0.3, -0.25) is 9.59 Å². The molecule has 0 aliphatic carbocycles. The van der Waals surface area contributed by atoms with E-state index in [-0.39, 0.29) is 24.8 Å². The number of amides is 1. The summed E-state index contributed by atoms with van der Waals surface area (Å²) in [4.78, 5) is 25.2. The van der Waals surface area contributed by atoms with Crippen molar-refractivity contribution in [1.29, 1.82) is 0 Å². The summed E-state index contributed by atoms with van der Waals surface area (Å²) < 4.78 is 13.0. The number of hydrogen-bond acceptors (Lipinski definition) is 6. The Morgan fingerprint density at radius 3 is 3.05 bits per heavy atom. The van der Waals surface area contributed by atoms with Gasteiger partial charge in [-0.05, 0) is 12.1 Å². The number of carbonyl (C=O) groups is 2. The average Bonchev–Trinajstić information content (AvgIpc) is 3.04. The summed E-state index contributed by atoms with van der Waals surface area (Å²) in [5.41, 5.74) is 1.79. The first-order chi connectivity index (χ1) is 9.61. The first-order valence-electron chi connectivity index (χ1n) is 5.90. The van der Waals surface area contributed by atoms with Crippen LogP contribution in [-0.4, -0.2) is 34.3 Å². The Hall–Kier alpha value is -1.73. The number of nitrogens with zero attached hydrogens (tertiary/aromatic N) is 3. The van der Waals surface area contributed by atoms with Crippen LogP contribution >= 0.6 is 23.3 Å². The molecule has 8 heteroatoms. The molecule has 2 heterocycles. The molecule has 20 heavy (non-hydrogen) atoms. The van der Waals surface area contributed by atoms with Crippen LogP contribution in [0.3, 0.4) is 0 Å². The number of anilines is 1. The number of methoxy groups -OCH3 is 1. The Bertz CT molecular complexity index is 702. The predicted octanol–water partition coefficient (Wildman–Crippen LogP) is 1.87. The highest BCUT2D eigenvalue weighted by Crippen LogP contribution is 2.36. The lowest BCUT2D eigenvalue weighted by atomic mass is 10.1. The minimum Gasteiger partial charge on any atom is -0.469 e. The van der Waals surface area contributed by atoms with Crippen LogP contribution in [0.4, 0.5) is 5.69 Å². The van der Waals surface area contributed by atoms with Crippen molar-refractivity contribution >= 4 is 51.9 Å². The molecule has 104 valence electrons. The van der Waals surface area contributed by atoms with Gasteiger partial charge in [0.1, 0.15) is 11.0 Å². The molecule has 0 saturated carbocycles. The maximum Gasteiger partial charge on any atom is 0.311 e. The molecule has 0 bridgehead atoms. The first kappa shape index (κ1) is 13.3. The largest absolute Gasteiger partial charge is 0.469 e. The van der Waals surface area contributed by atoms with Gasteiger partial charge in [0.2, 0.25) is 5.91 Å². The number of rotatable bonds is 2. The van der Waals surface area contributed by atoms with Gasteiger partial charge in [0, 0.05) is 13.0 Å². The monoisotopic (exact) mass is 311 g/mol. The fourth-order valence-electron chi connectivity index (χ4n) is 2.32. The van der Waals surface area contributed by atoms with E-state index in [1.165, 1.54) is 12.0 Å². The summed E-state index contributed by atoms with van der Waals surface area (Å²) in [6, 6.07) is 3.43. The van der Waals surface area contributed by atoms with Crippen molar-refractivity contribution in [2.45, 2.75) is 6.42 Å². The summed E-state index contributed by atoms with van der Waals surface area (Å²) in [5.74, 6) is -1.02. The lowest BCUT2D eigenvalue weighted by Gasteiger charge is -2.18. The zero-order valence-electron chi connectivity index (χ0n) is 10.5. The molecule has 6 nitrogen and oxygen atoms in total. The van der Waals surface area contributed by atoms with Crippen LogP contribution in [0.2, 0.25) is 5.02 Å². The number of hydrogen-bond donors (Lipinski definition) is 0. The molecular formula is C12H10ClN3O3S. The molecule has 2 aromatic rings. The standard InChI is InChI=1S/C12H10ClN3O3S/c1-19-12(18)6-4-9(17)16(5-6)11-7(13)2-3-8-10(11)15-20-14-8/h2-3,6H,4-5H2,1H3. The Labute approximate surface area is 123 Å². The summed E-state index contributed by atoms with van der Waals surface area (Å²) in [6.45, 7) is 0.252. The molecule has 1 fully saturated rings. The topological polar surface area (TPSA) is 72.4 Å². The summed E-state index contributed by atoms with van der Waals surface area (Å²) >= 11 is 7.25. The SMILES string of the molecule is COC(=O)C1CC(=O)N(c2c(Cl)ccc3nsnc23)C1. The van der Waals surface area contributed by atoms with E-state index in [1.807, 2.05) is 0 Å². The molecule has 0 spiro atoms. The average molecular weight is 312 g/mol. The van der Waals surface area contributed by atoms with Gasteiger partial charge >= 0.3 is 5.97 Å². The zero-order valence-corrected chi connectivity index (χ0v) is 12.1. The maximum absolute atomic E-state index is 12.1. The third-order valence-corrected chi connectivity index (χ3v) is 4.13. The van der Waals surface area contributed by atoms with Crippen LogP contribution in [0.1, 0.15) is 6.42 Å². The van der Waals surface area contributed by atoms with Crippen molar-refractivity contribution in [2.75, 3.05) is 18.6 Å². The van der Waals surface area contributed by atoms with Crippen molar-refractivity contribution in [3.8, 4) is 0 Å². The van der Waals surface area contributed by atoms with Crippen molar-refractivity contribution in [3.63, 3.8) is 0 Å². The van der Waals surface area contributed by atoms with Crippen molar-refractivity contribution in [3.05, 3.63) is 17.2 Å². The Morgan fingerprint density at radius 2 is 2.30 bits per heavy atom. The molecule has 1 atom stereocenters. The Balaban J connectivity index is 2.03. The lowest BCUT2D eigenvalue weighted by molar-refractivity contribution is -0.145. The van der Waals surface area contributed by atoms with Gasteiger partial charge in [0.25, 0.3) is 0 Å². The number of halogens is 1. The highest BCUT2D eigenvalue weighted by molar-refractivity contribution is 7.00. The zero-order chi connectivity index (χ0) is 14.3. The van der Waals surface area contributed by atoms with Crippen molar-refractivity contribution in [1.82, 2.24) is 8.75 Å². The van der Waals surface area contributed by atoms with Gasteiger partial charge in [-0.1, -0.05) is 11.6 Å². The van der Waals surface area contributed by atoms with Gasteiger partial charge in [-0.15, -0.1) is 0 Å². The van der Waals surface area contributed by atoms with E-state index in [9.17, 15) is 9.59 Å². The molecule has 1 amide bonds. The van der Waals surface area contributed by atoms with Gasteiger partial charge in [-0.2, -0.15) is 8.75 Å². The third-order valence-electron chi connectivity index (χ3n) is 3.28. The number of ether oxygens (including phenoxy) is 1. The normalized spacial score (nSPS) is 18.8. The summed E-state index contributed by atoms with van der Waals surface area (Å²) in [5, 5.41) is 0.420. The highest BCUT2D eigenvalue weighted by atomic mass is 35.5. The van der Waals surface area contributed by atoms with Gasteiger partial charge in [0.05, 0.1) is 35.5 Å². The molecule has 1 unspecified atom stereocenters. The molecule has 1 aliphatic heterocycles. The second-order valence-corrected chi connectivity index (χ2v) is 5.39. The van der Waals surface area contributed by atoms with E-state index in [1.54, 1.807) is 12.1 Å². The number of fused-ring (bicyclic) bond motifs is 1. The van der Waals surface area contributed by atoms with Crippen molar-refractivity contribution < 1.29 is 14.3 Å². The summed E-state index contributed by atoms with van der Waals surface area (Å²) in [6.07, 6.45) is 0.122. The van der Waals surface area contributed by atoms with Crippen LogP contribution in [0.5, 0.6) is 0 Å². The van der Waals surface area contributed by atoms with E-state index in [2.05, 4.69) is 8.75 Å². The van der Waals surface area contributed by atoms with Gasteiger partial charge in [0.15, 0.2) is 0 Å². The molecule has 1 aromatic heterocycles. The number of carbonyl (C=O) groups excluding carboxylic acids is 2. The number of aromatic nitrogens is 2. The van der Waals surface area contributed by atoms with E-state index in [0.717, 1.165) is 11.7 Å². The molecular weight excluding hydrogens is 302 g/mol. The Morgan fingerprint density at radius 1 is 1.50 bits per heavy atom. The van der Waals surface area contributed by atoms with E-state index >= 15 is 0 Å². The fraction of sp³-hybridized carbons (Fsp3) is 0.333. The van der Waals surface area contributed by atoms with Crippen LogP contribution in [-0.2, 0) is 14.3 Å². The molecule has 1 saturated heterocycles. The molecule has 0 N–H and O–H groups in total. The van der Waals surface area contributed by atoms with E-state index < -0.39 is 5.92 Å². The Kier molecular flexibility index (Phi) is 3.31. The fourth-order valence-corrected chi connectivity index (χ4v) is 3.11. The van der Waals surface area contributed by atoms with Crippen LogP contribution in [0.25, 0.3) is 11.0 Å². The first-order valence-corrected chi connectivity index (χ1v) is 7.01. The molecule has 1 aromatic carbocycles. The maximum atomic E-state index is 12.1. The van der Waals surface area contributed by atoms with Gasteiger partial charge in [-0.25, -0.2) is 0 Å². The second kappa shape index (κ2) is 4.99. The summed E-state index contributed by atoms with van der Waals surface area (Å²) in [7, 11) is 1.31. The minimum absolute atomic E-state index is 0.122. The minimum atomic E-state index is -0.467. The quantitative estimate of drug-likeness (QED) is 0.792. The van der Waals surface area contributed by atoms with Gasteiger partial charge < -0.3 is 9.64 Å². The molecule has 1 aliphatic rings.